The lowest BCUT2D eigenvalue weighted by Gasteiger charge is -1.93. The molecule has 24 heteroatoms. The molecule has 0 saturated carbocycles. The number of nitrogens with one attached hydrogen (secondary N) is 2. The first kappa shape index (κ1) is 43.7. The maximum Gasteiger partial charge on any atom is 0.490 e. The fourth-order valence-electron chi connectivity index (χ4n) is 2.94. The number of carboxylic acid groups (broad SMARTS) is 4. The number of halogens is 12. The number of alkyl halides is 12. The Labute approximate surface area is 279 Å². The van der Waals surface area contributed by atoms with Crippen molar-refractivity contribution >= 4 is 70.2 Å². The van der Waals surface area contributed by atoms with Gasteiger partial charge in [-0.05, 0) is 72.8 Å². The van der Waals surface area contributed by atoms with Gasteiger partial charge in [0.2, 0.25) is 0 Å². The zero-order valence-corrected chi connectivity index (χ0v) is 24.8. The predicted molar refractivity (Wildman–Crippen MR) is 154 cm³/mol. The van der Waals surface area contributed by atoms with Gasteiger partial charge in [-0.3, -0.25) is 0 Å². The topological polar surface area (TPSA) is 207 Å². The highest BCUT2D eigenvalue weighted by Gasteiger charge is 2.40. The average Bonchev–Trinajstić information content (AvgIpc) is 3.79. The van der Waals surface area contributed by atoms with E-state index in [4.69, 9.17) is 39.6 Å². The Morgan fingerprint density at radius 2 is 0.558 bits per heavy atom. The van der Waals surface area contributed by atoms with E-state index in [2.05, 4.69) is 44.2 Å². The fraction of sp³-hybridized carbons (Fsp3) is 0.143. The van der Waals surface area contributed by atoms with Crippen LogP contribution in [-0.2, 0) is 19.2 Å². The summed E-state index contributed by atoms with van der Waals surface area (Å²) in [5, 5.41) is 28.5. The van der Waals surface area contributed by atoms with Crippen molar-refractivity contribution in [2.45, 2.75) is 24.7 Å². The Morgan fingerprint density at radius 1 is 0.404 bits per heavy atom. The number of carbonyl (C=O) groups is 4. The molecule has 52 heavy (non-hydrogen) atoms. The molecule has 282 valence electrons. The van der Waals surface area contributed by atoms with Crippen molar-refractivity contribution in [3.05, 3.63) is 71.3 Å². The quantitative estimate of drug-likeness (QED) is 0.0875. The van der Waals surface area contributed by atoms with Crippen molar-refractivity contribution in [2.75, 3.05) is 0 Å². The molecule has 2 aliphatic rings. The number of nitrogens with zero attached hydrogens (tertiary/aromatic N) is 2. The minimum atomic E-state index is -5.08. The lowest BCUT2D eigenvalue weighted by atomic mass is 10.3. The maximum absolute atomic E-state index is 10.6. The average molecular weight is 766 g/mol. The predicted octanol–water partition coefficient (Wildman–Crippen LogP) is 7.19. The Balaban J connectivity index is 0.000000399. The number of rotatable bonds is 0. The van der Waals surface area contributed by atoms with Gasteiger partial charge in [0.1, 0.15) is 0 Å². The van der Waals surface area contributed by atoms with Crippen molar-refractivity contribution in [3.63, 3.8) is 0 Å². The lowest BCUT2D eigenvalue weighted by Crippen LogP contribution is -2.21. The van der Waals surface area contributed by atoms with Crippen LogP contribution in [0.2, 0.25) is 0 Å². The summed E-state index contributed by atoms with van der Waals surface area (Å²) >= 11 is 0. The standard InChI is InChI=1S/C20H14N4.4C2HF3O2/c1-2-14-10-16-5-6-18(23-16)12-20-8-7-19(24-20)11-17-4-3-15(22-17)9-13(1)21-14;4*3-2(4,5)1(6)7/h1-12,21,24H;4*(H,6,7). The van der Waals surface area contributed by atoms with Gasteiger partial charge in [0.05, 0.1) is 22.8 Å². The minimum Gasteiger partial charge on any atom is -0.475 e. The van der Waals surface area contributed by atoms with Gasteiger partial charge in [-0.2, -0.15) is 52.7 Å². The number of fused-ring (bicyclic) bond motifs is 8. The number of carboxylic acids is 4. The van der Waals surface area contributed by atoms with E-state index in [9.17, 15) is 52.7 Å². The first-order valence-electron chi connectivity index (χ1n) is 12.8. The zero-order chi connectivity index (χ0) is 40.2. The molecule has 0 radical (unpaired) electrons. The molecule has 5 rings (SSSR count). The molecule has 0 amide bonds. The highest BCUT2D eigenvalue weighted by atomic mass is 19.4. The first-order chi connectivity index (χ1) is 23.6. The van der Waals surface area contributed by atoms with Gasteiger partial charge >= 0.3 is 48.6 Å². The third-order valence-corrected chi connectivity index (χ3v) is 5.01. The zero-order valence-electron chi connectivity index (χ0n) is 24.8. The van der Waals surface area contributed by atoms with E-state index in [1.54, 1.807) is 0 Å². The third-order valence-electron chi connectivity index (χ3n) is 5.01. The van der Waals surface area contributed by atoms with Crippen molar-refractivity contribution in [1.29, 1.82) is 0 Å². The van der Waals surface area contributed by atoms with Crippen LogP contribution in [0.15, 0.2) is 48.5 Å². The van der Waals surface area contributed by atoms with Crippen LogP contribution >= 0.6 is 0 Å². The Kier molecular flexibility index (Phi) is 14.7. The van der Waals surface area contributed by atoms with Crippen molar-refractivity contribution in [2.24, 2.45) is 0 Å². The largest absolute Gasteiger partial charge is 0.490 e. The van der Waals surface area contributed by atoms with E-state index in [1.165, 1.54) is 0 Å². The minimum absolute atomic E-state index is 0.939. The van der Waals surface area contributed by atoms with Crippen molar-refractivity contribution in [1.82, 2.24) is 19.9 Å². The van der Waals surface area contributed by atoms with Crippen LogP contribution < -0.4 is 0 Å². The normalized spacial score (nSPS) is 11.9. The maximum atomic E-state index is 10.6. The highest BCUT2D eigenvalue weighted by molar-refractivity contribution is 5.77. The van der Waals surface area contributed by atoms with E-state index in [0.29, 0.717) is 0 Å². The van der Waals surface area contributed by atoms with Gasteiger partial charge in [-0.1, -0.05) is 0 Å². The SMILES string of the molecule is C1=Cc2cc3ccc(cc4nc(cc5ccc(cc1n2)[nH]5)C=C4)[nH]3.O=C(O)C(F)(F)F.O=C(O)C(F)(F)F.O=C(O)C(F)(F)F.O=C(O)C(F)(F)F. The van der Waals surface area contributed by atoms with E-state index in [1.807, 2.05) is 48.6 Å². The molecule has 0 aliphatic carbocycles. The summed E-state index contributed by atoms with van der Waals surface area (Å²) in [6.07, 6.45) is -12.2. The smallest absolute Gasteiger partial charge is 0.475 e. The lowest BCUT2D eigenvalue weighted by molar-refractivity contribution is -0.193. The summed E-state index contributed by atoms with van der Waals surface area (Å²) in [5.74, 6) is -11.0. The van der Waals surface area contributed by atoms with Gasteiger partial charge < -0.3 is 30.4 Å². The summed E-state index contributed by atoms with van der Waals surface area (Å²) in [5.41, 5.74) is 7.86. The molecular weight excluding hydrogens is 748 g/mol. The summed E-state index contributed by atoms with van der Waals surface area (Å²) < 4.78 is 127. The number of aliphatic carboxylic acids is 4. The molecule has 5 heterocycles. The van der Waals surface area contributed by atoms with Crippen LogP contribution in [0.1, 0.15) is 22.8 Å². The molecule has 0 atom stereocenters. The summed E-state index contributed by atoms with van der Waals surface area (Å²) in [6.45, 7) is 0. The number of hydrogen-bond acceptors (Lipinski definition) is 6. The van der Waals surface area contributed by atoms with Crippen LogP contribution in [0.3, 0.4) is 0 Å². The monoisotopic (exact) mass is 766 g/mol. The molecule has 3 aromatic heterocycles. The third kappa shape index (κ3) is 16.4. The van der Waals surface area contributed by atoms with E-state index in [-0.39, 0.29) is 0 Å². The molecular formula is C28H18F12N4O8. The molecule has 3 aromatic rings. The first-order valence-corrected chi connectivity index (χ1v) is 12.8. The highest BCUT2D eigenvalue weighted by Crippen LogP contribution is 2.18. The summed E-state index contributed by atoms with van der Waals surface area (Å²) in [6, 6.07) is 16.4. The molecule has 0 unspecified atom stereocenters. The van der Waals surface area contributed by atoms with Crippen LogP contribution in [-0.4, -0.2) is 88.9 Å². The summed E-state index contributed by atoms with van der Waals surface area (Å²) in [7, 11) is 0. The molecule has 6 N–H and O–H groups in total. The second-order valence-corrected chi connectivity index (χ2v) is 9.12. The van der Waals surface area contributed by atoms with Gasteiger partial charge in [0.25, 0.3) is 0 Å². The second kappa shape index (κ2) is 17.5. The van der Waals surface area contributed by atoms with Gasteiger partial charge in [0, 0.05) is 22.1 Å². The molecule has 0 spiro atoms. The van der Waals surface area contributed by atoms with Gasteiger partial charge in [-0.25, -0.2) is 29.1 Å². The molecule has 0 saturated heterocycles. The van der Waals surface area contributed by atoms with Crippen molar-refractivity contribution < 1.29 is 92.3 Å². The Morgan fingerprint density at radius 3 is 0.692 bits per heavy atom. The molecule has 8 bridgehead atoms. The Hall–Kier alpha value is -6.36. The Bertz CT molecular complexity index is 1700. The van der Waals surface area contributed by atoms with E-state index in [0.717, 1.165) is 44.8 Å². The molecule has 0 aromatic carbocycles. The van der Waals surface area contributed by atoms with Crippen LogP contribution in [0, 0.1) is 0 Å². The fourth-order valence-corrected chi connectivity index (χ4v) is 2.94. The number of aromatic nitrogens is 4. The molecule has 0 fully saturated rings. The van der Waals surface area contributed by atoms with Crippen LogP contribution in [0.25, 0.3) is 46.4 Å². The van der Waals surface area contributed by atoms with Crippen LogP contribution in [0.4, 0.5) is 52.7 Å². The second-order valence-electron chi connectivity index (χ2n) is 9.12. The van der Waals surface area contributed by atoms with Gasteiger partial charge in [-0.15, -0.1) is 0 Å². The number of H-pyrrole nitrogens is 2. The van der Waals surface area contributed by atoms with E-state index < -0.39 is 48.6 Å². The van der Waals surface area contributed by atoms with Crippen LogP contribution in [0.5, 0.6) is 0 Å². The van der Waals surface area contributed by atoms with Crippen molar-refractivity contribution in [3.8, 4) is 0 Å². The van der Waals surface area contributed by atoms with Gasteiger partial charge in [0.15, 0.2) is 0 Å². The van der Waals surface area contributed by atoms with E-state index >= 15 is 0 Å². The number of hydrogen-bond donors (Lipinski definition) is 6. The molecule has 2 aliphatic heterocycles. The summed E-state index contributed by atoms with van der Waals surface area (Å²) in [4.78, 5) is 51.6. The number of aromatic amines is 2. The molecule has 12 nitrogen and oxygen atoms in total.